The first-order chi connectivity index (χ1) is 7.40. The lowest BCUT2D eigenvalue weighted by molar-refractivity contribution is 0.302. The van der Waals surface area contributed by atoms with Crippen LogP contribution in [0.15, 0.2) is 48.0 Å². The van der Waals surface area contributed by atoms with Crippen LogP contribution in [0.4, 0.5) is 0 Å². The summed E-state index contributed by atoms with van der Waals surface area (Å²) in [5.74, 6) is 0.720. The molecule has 1 unspecified atom stereocenters. The second-order valence-electron chi connectivity index (χ2n) is 3.32. The van der Waals surface area contributed by atoms with E-state index in [9.17, 15) is 0 Å². The Morgan fingerprint density at radius 1 is 1.47 bits per heavy atom. The Kier molecular flexibility index (Phi) is 3.15. The van der Waals surface area contributed by atoms with Crippen LogP contribution in [0, 0.1) is 0 Å². The fourth-order valence-electron chi connectivity index (χ4n) is 1.44. The first-order valence-corrected chi connectivity index (χ1v) is 5.00. The van der Waals surface area contributed by atoms with Gasteiger partial charge in [-0.2, -0.15) is 0 Å². The molecule has 1 heterocycles. The SMILES string of the molecule is C=CCNC1COC(c2ccccc2)=N1. The Balaban J connectivity index is 2.03. The van der Waals surface area contributed by atoms with Crippen molar-refractivity contribution in [2.45, 2.75) is 6.17 Å². The predicted octanol–water partition coefficient (Wildman–Crippen LogP) is 1.57. The van der Waals surface area contributed by atoms with Crippen molar-refractivity contribution in [3.05, 3.63) is 48.6 Å². The highest BCUT2D eigenvalue weighted by Gasteiger charge is 2.18. The van der Waals surface area contributed by atoms with E-state index in [-0.39, 0.29) is 6.17 Å². The smallest absolute Gasteiger partial charge is 0.217 e. The van der Waals surface area contributed by atoms with Crippen molar-refractivity contribution in [2.24, 2.45) is 4.99 Å². The second-order valence-corrected chi connectivity index (χ2v) is 3.32. The summed E-state index contributed by atoms with van der Waals surface area (Å²) in [6.45, 7) is 4.99. The Hall–Kier alpha value is -1.61. The highest BCUT2D eigenvalue weighted by molar-refractivity contribution is 5.95. The van der Waals surface area contributed by atoms with Crippen molar-refractivity contribution in [3.8, 4) is 0 Å². The first kappa shape index (κ1) is 9.93. The van der Waals surface area contributed by atoms with Gasteiger partial charge >= 0.3 is 0 Å². The zero-order chi connectivity index (χ0) is 10.5. The van der Waals surface area contributed by atoms with E-state index < -0.39 is 0 Å². The van der Waals surface area contributed by atoms with Crippen molar-refractivity contribution in [1.29, 1.82) is 0 Å². The molecule has 0 radical (unpaired) electrons. The number of ether oxygens (including phenoxy) is 1. The van der Waals surface area contributed by atoms with E-state index >= 15 is 0 Å². The van der Waals surface area contributed by atoms with Gasteiger partial charge in [-0.25, -0.2) is 4.99 Å². The van der Waals surface area contributed by atoms with Crippen LogP contribution in [-0.2, 0) is 4.74 Å². The summed E-state index contributed by atoms with van der Waals surface area (Å²) in [5.41, 5.74) is 1.03. The normalized spacial score (nSPS) is 19.5. The van der Waals surface area contributed by atoms with Crippen LogP contribution >= 0.6 is 0 Å². The number of aliphatic imine (C=N–C) groups is 1. The molecule has 0 amide bonds. The molecule has 2 rings (SSSR count). The van der Waals surface area contributed by atoms with Gasteiger partial charge in [-0.1, -0.05) is 24.3 Å². The molecule has 1 N–H and O–H groups in total. The third-order valence-electron chi connectivity index (χ3n) is 2.17. The van der Waals surface area contributed by atoms with E-state index in [1.807, 2.05) is 36.4 Å². The second kappa shape index (κ2) is 4.75. The lowest BCUT2D eigenvalue weighted by Gasteiger charge is -2.03. The largest absolute Gasteiger partial charge is 0.474 e. The molecule has 15 heavy (non-hydrogen) atoms. The van der Waals surface area contributed by atoms with Gasteiger partial charge in [0.25, 0.3) is 0 Å². The van der Waals surface area contributed by atoms with E-state index in [0.717, 1.165) is 18.0 Å². The molecule has 1 aromatic rings. The van der Waals surface area contributed by atoms with Crippen LogP contribution in [0.25, 0.3) is 0 Å². The molecule has 0 saturated heterocycles. The topological polar surface area (TPSA) is 33.6 Å². The summed E-state index contributed by atoms with van der Waals surface area (Å²) < 4.78 is 5.50. The van der Waals surface area contributed by atoms with E-state index in [1.165, 1.54) is 0 Å². The Morgan fingerprint density at radius 2 is 2.27 bits per heavy atom. The van der Waals surface area contributed by atoms with E-state index in [4.69, 9.17) is 4.74 Å². The summed E-state index contributed by atoms with van der Waals surface area (Å²) >= 11 is 0. The predicted molar refractivity (Wildman–Crippen MR) is 60.9 cm³/mol. The van der Waals surface area contributed by atoms with E-state index in [2.05, 4.69) is 16.9 Å². The van der Waals surface area contributed by atoms with Crippen molar-refractivity contribution in [3.63, 3.8) is 0 Å². The highest BCUT2D eigenvalue weighted by atomic mass is 16.5. The molecule has 0 fully saturated rings. The average molecular weight is 202 g/mol. The number of hydrogen-bond acceptors (Lipinski definition) is 3. The molecular weight excluding hydrogens is 188 g/mol. The number of nitrogens with one attached hydrogen (secondary N) is 1. The molecule has 0 bridgehead atoms. The van der Waals surface area contributed by atoms with Crippen LogP contribution in [0.2, 0.25) is 0 Å². The molecule has 1 aliphatic heterocycles. The minimum Gasteiger partial charge on any atom is -0.474 e. The maximum absolute atomic E-state index is 5.50. The standard InChI is InChI=1S/C12H14N2O/c1-2-8-13-11-9-15-12(14-11)10-6-4-3-5-7-10/h2-7,11,13H,1,8-9H2. The molecule has 78 valence electrons. The van der Waals surface area contributed by atoms with Gasteiger partial charge in [-0.05, 0) is 12.1 Å². The van der Waals surface area contributed by atoms with Gasteiger partial charge in [0.15, 0.2) is 0 Å². The van der Waals surface area contributed by atoms with Crippen molar-refractivity contribution >= 4 is 5.90 Å². The number of nitrogens with zero attached hydrogens (tertiary/aromatic N) is 1. The highest BCUT2D eigenvalue weighted by Crippen LogP contribution is 2.10. The van der Waals surface area contributed by atoms with Gasteiger partial charge < -0.3 is 4.74 Å². The average Bonchev–Trinajstić information content (AvgIpc) is 2.76. The van der Waals surface area contributed by atoms with Gasteiger partial charge in [-0.3, -0.25) is 5.32 Å². The molecule has 0 aromatic heterocycles. The number of rotatable bonds is 4. The molecule has 0 spiro atoms. The Morgan fingerprint density at radius 3 is 3.00 bits per heavy atom. The molecule has 3 nitrogen and oxygen atoms in total. The van der Waals surface area contributed by atoms with E-state index in [0.29, 0.717) is 6.61 Å². The summed E-state index contributed by atoms with van der Waals surface area (Å²) in [7, 11) is 0. The zero-order valence-corrected chi connectivity index (χ0v) is 8.52. The molecule has 0 aliphatic carbocycles. The summed E-state index contributed by atoms with van der Waals surface area (Å²) in [5, 5.41) is 3.20. The van der Waals surface area contributed by atoms with Crippen molar-refractivity contribution < 1.29 is 4.74 Å². The number of hydrogen-bond donors (Lipinski definition) is 1. The fourth-order valence-corrected chi connectivity index (χ4v) is 1.44. The van der Waals surface area contributed by atoms with Crippen molar-refractivity contribution in [1.82, 2.24) is 5.32 Å². The first-order valence-electron chi connectivity index (χ1n) is 5.00. The van der Waals surface area contributed by atoms with Crippen LogP contribution in [0.1, 0.15) is 5.56 Å². The van der Waals surface area contributed by atoms with Gasteiger partial charge in [0.1, 0.15) is 12.8 Å². The Labute approximate surface area is 89.5 Å². The van der Waals surface area contributed by atoms with Gasteiger partial charge in [0, 0.05) is 12.1 Å². The minimum absolute atomic E-state index is 0.0539. The summed E-state index contributed by atoms with van der Waals surface area (Å²) in [6.07, 6.45) is 1.87. The maximum atomic E-state index is 5.50. The number of benzene rings is 1. The fraction of sp³-hybridized carbons (Fsp3) is 0.250. The molecule has 1 aliphatic rings. The monoisotopic (exact) mass is 202 g/mol. The third-order valence-corrected chi connectivity index (χ3v) is 2.17. The third kappa shape index (κ3) is 2.44. The van der Waals surface area contributed by atoms with Crippen LogP contribution < -0.4 is 5.32 Å². The molecule has 1 atom stereocenters. The quantitative estimate of drug-likeness (QED) is 0.752. The van der Waals surface area contributed by atoms with Crippen LogP contribution in [-0.4, -0.2) is 25.2 Å². The molecule has 1 aromatic carbocycles. The lowest BCUT2D eigenvalue weighted by Crippen LogP contribution is -2.28. The molecule has 3 heteroatoms. The van der Waals surface area contributed by atoms with Crippen molar-refractivity contribution in [2.75, 3.05) is 13.2 Å². The minimum atomic E-state index is 0.0539. The van der Waals surface area contributed by atoms with Crippen LogP contribution in [0.3, 0.4) is 0 Å². The molecular formula is C12H14N2O. The van der Waals surface area contributed by atoms with Gasteiger partial charge in [0.05, 0.1) is 0 Å². The lowest BCUT2D eigenvalue weighted by atomic mass is 10.2. The Bertz CT molecular complexity index is 359. The summed E-state index contributed by atoms with van der Waals surface area (Å²) in [4.78, 5) is 4.43. The maximum Gasteiger partial charge on any atom is 0.217 e. The van der Waals surface area contributed by atoms with Gasteiger partial charge in [-0.15, -0.1) is 6.58 Å². The summed E-state index contributed by atoms with van der Waals surface area (Å²) in [6, 6.07) is 9.92. The molecule has 0 saturated carbocycles. The van der Waals surface area contributed by atoms with Gasteiger partial charge in [0.2, 0.25) is 5.90 Å². The van der Waals surface area contributed by atoms with E-state index in [1.54, 1.807) is 0 Å². The van der Waals surface area contributed by atoms with Crippen LogP contribution in [0.5, 0.6) is 0 Å². The zero-order valence-electron chi connectivity index (χ0n) is 8.52.